The number of nitrogens with zero attached hydrogens (tertiary/aromatic N) is 4. The second-order valence-corrected chi connectivity index (χ2v) is 4.48. The Morgan fingerprint density at radius 1 is 1.39 bits per heavy atom. The van der Waals surface area contributed by atoms with Crippen molar-refractivity contribution in [2.24, 2.45) is 7.05 Å². The molecule has 2 heterocycles. The normalized spacial score (nSPS) is 11.0. The maximum atomic E-state index is 4.39. The molecular formula is C13H21N5. The van der Waals surface area contributed by atoms with Crippen LogP contribution in [0.2, 0.25) is 0 Å². The summed E-state index contributed by atoms with van der Waals surface area (Å²) in [6.45, 7) is 5.01. The summed E-state index contributed by atoms with van der Waals surface area (Å²) in [6, 6.07) is 2.06. The highest BCUT2D eigenvalue weighted by molar-refractivity contribution is 5.01. The second-order valence-electron chi connectivity index (χ2n) is 4.48. The van der Waals surface area contributed by atoms with Crippen LogP contribution in [0.1, 0.15) is 24.7 Å². The Morgan fingerprint density at radius 2 is 2.28 bits per heavy atom. The smallest absolute Gasteiger partial charge is 0.0950 e. The van der Waals surface area contributed by atoms with E-state index in [4.69, 9.17) is 0 Å². The number of rotatable bonds is 7. The van der Waals surface area contributed by atoms with Gasteiger partial charge in [-0.1, -0.05) is 6.92 Å². The molecule has 0 aliphatic rings. The molecule has 2 aromatic rings. The molecule has 1 N–H and O–H groups in total. The summed E-state index contributed by atoms with van der Waals surface area (Å²) in [5.41, 5.74) is 2.35. The van der Waals surface area contributed by atoms with Crippen molar-refractivity contribution in [2.45, 2.75) is 32.9 Å². The Balaban J connectivity index is 1.81. The van der Waals surface area contributed by atoms with Gasteiger partial charge in [-0.05, 0) is 19.0 Å². The molecule has 0 unspecified atom stereocenters. The third-order valence-corrected chi connectivity index (χ3v) is 2.97. The van der Waals surface area contributed by atoms with E-state index in [9.17, 15) is 0 Å². The zero-order valence-corrected chi connectivity index (χ0v) is 11.1. The molecule has 2 rings (SSSR count). The molecule has 0 radical (unpaired) electrons. The van der Waals surface area contributed by atoms with Crippen LogP contribution in [-0.4, -0.2) is 25.9 Å². The predicted octanol–water partition coefficient (Wildman–Crippen LogP) is 1.36. The molecule has 0 bridgehead atoms. The van der Waals surface area contributed by atoms with Crippen molar-refractivity contribution in [2.75, 3.05) is 6.54 Å². The third kappa shape index (κ3) is 3.43. The van der Waals surface area contributed by atoms with Gasteiger partial charge >= 0.3 is 0 Å². The first-order valence-corrected chi connectivity index (χ1v) is 6.48. The molecule has 0 amide bonds. The molecule has 0 spiro atoms. The largest absolute Gasteiger partial charge is 0.337 e. The lowest BCUT2D eigenvalue weighted by Crippen LogP contribution is -2.13. The second kappa shape index (κ2) is 6.35. The number of aryl methyl sites for hydroxylation is 3. The van der Waals surface area contributed by atoms with E-state index in [1.165, 1.54) is 5.69 Å². The molecule has 0 fully saturated rings. The molecule has 0 saturated carbocycles. The highest BCUT2D eigenvalue weighted by Crippen LogP contribution is 2.02. The van der Waals surface area contributed by atoms with Crippen LogP contribution in [0.4, 0.5) is 0 Å². The van der Waals surface area contributed by atoms with E-state index in [2.05, 4.69) is 39.2 Å². The minimum absolute atomic E-state index is 0.854. The lowest BCUT2D eigenvalue weighted by atomic mass is 10.3. The number of nitrogens with one attached hydrogen (secondary N) is 1. The van der Waals surface area contributed by atoms with Crippen LogP contribution in [0.3, 0.4) is 0 Å². The number of imidazole rings is 1. The molecule has 0 saturated heterocycles. The van der Waals surface area contributed by atoms with Crippen molar-refractivity contribution in [1.29, 1.82) is 0 Å². The van der Waals surface area contributed by atoms with E-state index < -0.39 is 0 Å². The van der Waals surface area contributed by atoms with E-state index in [-0.39, 0.29) is 0 Å². The maximum Gasteiger partial charge on any atom is 0.0950 e. The van der Waals surface area contributed by atoms with Crippen LogP contribution in [0.15, 0.2) is 24.8 Å². The Morgan fingerprint density at radius 3 is 3.00 bits per heavy atom. The van der Waals surface area contributed by atoms with Crippen molar-refractivity contribution in [3.8, 4) is 0 Å². The fraction of sp³-hybridized carbons (Fsp3) is 0.538. The summed E-state index contributed by atoms with van der Waals surface area (Å²) >= 11 is 0. The lowest BCUT2D eigenvalue weighted by molar-refractivity contribution is 0.634. The Kier molecular flexibility index (Phi) is 4.52. The first-order chi connectivity index (χ1) is 8.79. The monoisotopic (exact) mass is 247 g/mol. The van der Waals surface area contributed by atoms with Gasteiger partial charge < -0.3 is 9.88 Å². The maximum absolute atomic E-state index is 4.39. The van der Waals surface area contributed by atoms with Gasteiger partial charge in [0.25, 0.3) is 0 Å². The van der Waals surface area contributed by atoms with Crippen molar-refractivity contribution in [1.82, 2.24) is 24.6 Å². The Hall–Kier alpha value is -1.62. The quantitative estimate of drug-likeness (QED) is 0.752. The van der Waals surface area contributed by atoms with Gasteiger partial charge in [-0.2, -0.15) is 5.10 Å². The first kappa shape index (κ1) is 12.8. The van der Waals surface area contributed by atoms with E-state index in [1.54, 1.807) is 0 Å². The lowest BCUT2D eigenvalue weighted by Gasteiger charge is -2.03. The van der Waals surface area contributed by atoms with E-state index in [0.717, 1.165) is 38.2 Å². The average molecular weight is 247 g/mol. The van der Waals surface area contributed by atoms with Gasteiger partial charge in [0.15, 0.2) is 0 Å². The number of hydrogen-bond donors (Lipinski definition) is 1. The van der Waals surface area contributed by atoms with E-state index in [1.807, 2.05) is 24.3 Å². The summed E-state index contributed by atoms with van der Waals surface area (Å²) in [7, 11) is 1.98. The van der Waals surface area contributed by atoms with Crippen molar-refractivity contribution >= 4 is 0 Å². The molecule has 0 aromatic carbocycles. The first-order valence-electron chi connectivity index (χ1n) is 6.48. The highest BCUT2D eigenvalue weighted by atomic mass is 15.3. The van der Waals surface area contributed by atoms with Gasteiger partial charge in [-0.15, -0.1) is 0 Å². The summed E-state index contributed by atoms with van der Waals surface area (Å²) in [4.78, 5) is 4.39. The summed E-state index contributed by atoms with van der Waals surface area (Å²) in [5, 5.41) is 7.52. The summed E-state index contributed by atoms with van der Waals surface area (Å²) in [5.74, 6) is 0. The summed E-state index contributed by atoms with van der Waals surface area (Å²) in [6.07, 6.45) is 7.98. The SMILES string of the molecule is CCCNCc1cn(CCc2ccnn2C)cn1. The zero-order chi connectivity index (χ0) is 12.8. The van der Waals surface area contributed by atoms with Crippen molar-refractivity contribution < 1.29 is 0 Å². The topological polar surface area (TPSA) is 47.7 Å². The van der Waals surface area contributed by atoms with Gasteiger partial charge in [-0.3, -0.25) is 4.68 Å². The minimum Gasteiger partial charge on any atom is -0.337 e. The molecule has 2 aromatic heterocycles. The van der Waals surface area contributed by atoms with Crippen LogP contribution in [-0.2, 0) is 26.6 Å². The van der Waals surface area contributed by atoms with E-state index >= 15 is 0 Å². The van der Waals surface area contributed by atoms with Gasteiger partial charge in [0.05, 0.1) is 12.0 Å². The van der Waals surface area contributed by atoms with Crippen LogP contribution in [0, 0.1) is 0 Å². The standard InChI is InChI=1S/C13H21N5/c1-3-6-14-9-12-10-18(11-15-12)8-5-13-4-7-16-17(13)2/h4,7,10-11,14H,3,5-6,8-9H2,1-2H3. The fourth-order valence-electron chi connectivity index (χ4n) is 1.90. The van der Waals surface area contributed by atoms with Crippen LogP contribution >= 0.6 is 0 Å². The molecule has 18 heavy (non-hydrogen) atoms. The molecule has 0 aliphatic heterocycles. The summed E-state index contributed by atoms with van der Waals surface area (Å²) < 4.78 is 4.05. The average Bonchev–Trinajstić information content (AvgIpc) is 2.96. The third-order valence-electron chi connectivity index (χ3n) is 2.97. The van der Waals surface area contributed by atoms with Crippen LogP contribution in [0.5, 0.6) is 0 Å². The van der Waals surface area contributed by atoms with E-state index in [0.29, 0.717) is 0 Å². The number of aromatic nitrogens is 4. The molecule has 5 heteroatoms. The minimum atomic E-state index is 0.854. The van der Waals surface area contributed by atoms with Crippen molar-refractivity contribution in [3.05, 3.63) is 36.2 Å². The molecule has 0 atom stereocenters. The van der Waals surface area contributed by atoms with Gasteiger partial charge in [0.2, 0.25) is 0 Å². The fourth-order valence-corrected chi connectivity index (χ4v) is 1.90. The van der Waals surface area contributed by atoms with Gasteiger partial charge in [0, 0.05) is 44.6 Å². The zero-order valence-electron chi connectivity index (χ0n) is 11.1. The van der Waals surface area contributed by atoms with Crippen LogP contribution < -0.4 is 5.32 Å². The molecular weight excluding hydrogens is 226 g/mol. The predicted molar refractivity (Wildman–Crippen MR) is 71.1 cm³/mol. The molecule has 5 nitrogen and oxygen atoms in total. The van der Waals surface area contributed by atoms with Gasteiger partial charge in [-0.25, -0.2) is 4.98 Å². The Bertz CT molecular complexity index is 471. The van der Waals surface area contributed by atoms with Crippen LogP contribution in [0.25, 0.3) is 0 Å². The van der Waals surface area contributed by atoms with Gasteiger partial charge in [0.1, 0.15) is 0 Å². The Labute approximate surface area is 108 Å². The molecule has 0 aliphatic carbocycles. The number of hydrogen-bond acceptors (Lipinski definition) is 3. The molecule has 98 valence electrons. The van der Waals surface area contributed by atoms with Crippen molar-refractivity contribution in [3.63, 3.8) is 0 Å². The highest BCUT2D eigenvalue weighted by Gasteiger charge is 2.01.